The van der Waals surface area contributed by atoms with Gasteiger partial charge >= 0.3 is 0 Å². The van der Waals surface area contributed by atoms with E-state index in [1.807, 2.05) is 68.4 Å². The van der Waals surface area contributed by atoms with E-state index >= 15 is 0 Å². The molecule has 0 bridgehead atoms. The van der Waals surface area contributed by atoms with Crippen molar-refractivity contribution in [2.24, 2.45) is 0 Å². The van der Waals surface area contributed by atoms with Gasteiger partial charge in [-0.25, -0.2) is 8.42 Å². The fourth-order valence-corrected chi connectivity index (χ4v) is 5.28. The molecule has 214 valence electrons. The Hall–Kier alpha value is -3.85. The number of nitrogens with zero attached hydrogens (tertiary/aromatic N) is 2. The van der Waals surface area contributed by atoms with E-state index in [4.69, 9.17) is 4.74 Å². The Morgan fingerprint density at radius 3 is 2.23 bits per heavy atom. The number of sulfonamides is 1. The smallest absolute Gasteiger partial charge is 0.244 e. The highest BCUT2D eigenvalue weighted by molar-refractivity contribution is 7.92. The summed E-state index contributed by atoms with van der Waals surface area (Å²) in [5.74, 6) is -0.181. The molecule has 1 N–H and O–H groups in total. The van der Waals surface area contributed by atoms with Crippen molar-refractivity contribution in [3.63, 3.8) is 0 Å². The molecule has 0 aliphatic carbocycles. The molecule has 0 heterocycles. The highest BCUT2D eigenvalue weighted by Crippen LogP contribution is 2.23. The highest BCUT2D eigenvalue weighted by Gasteiger charge is 2.33. The number of aryl methyl sites for hydroxylation is 1. The molecule has 0 spiro atoms. The summed E-state index contributed by atoms with van der Waals surface area (Å²) in [5, 5.41) is 2.99. The molecular weight excluding hydrogens is 526 g/mol. The molecule has 0 saturated carbocycles. The third kappa shape index (κ3) is 8.84. The van der Waals surface area contributed by atoms with Crippen molar-refractivity contribution in [1.29, 1.82) is 0 Å². The summed E-state index contributed by atoms with van der Waals surface area (Å²) in [4.78, 5) is 29.2. The first-order valence-electron chi connectivity index (χ1n) is 13.4. The molecule has 0 aromatic heterocycles. The van der Waals surface area contributed by atoms with Crippen LogP contribution in [0.3, 0.4) is 0 Å². The van der Waals surface area contributed by atoms with Crippen molar-refractivity contribution < 1.29 is 22.7 Å². The Morgan fingerprint density at radius 1 is 0.950 bits per heavy atom. The zero-order valence-electron chi connectivity index (χ0n) is 23.7. The monoisotopic (exact) mass is 565 g/mol. The molecule has 9 heteroatoms. The van der Waals surface area contributed by atoms with E-state index in [9.17, 15) is 18.0 Å². The molecule has 0 aliphatic rings. The third-order valence-corrected chi connectivity index (χ3v) is 7.72. The quantitative estimate of drug-likeness (QED) is 0.294. The summed E-state index contributed by atoms with van der Waals surface area (Å²) in [5.41, 5.74) is 3.10. The van der Waals surface area contributed by atoms with Crippen LogP contribution in [-0.4, -0.2) is 57.6 Å². The predicted molar refractivity (Wildman–Crippen MR) is 159 cm³/mol. The normalized spacial score (nSPS) is 11.9. The van der Waals surface area contributed by atoms with E-state index in [2.05, 4.69) is 5.32 Å². The second-order valence-electron chi connectivity index (χ2n) is 9.83. The van der Waals surface area contributed by atoms with Gasteiger partial charge in [-0.2, -0.15) is 0 Å². The lowest BCUT2D eigenvalue weighted by Crippen LogP contribution is -2.53. The summed E-state index contributed by atoms with van der Waals surface area (Å²) >= 11 is 0. The van der Waals surface area contributed by atoms with Gasteiger partial charge in [0.1, 0.15) is 18.3 Å². The molecule has 1 atom stereocenters. The van der Waals surface area contributed by atoms with E-state index in [1.165, 1.54) is 12.0 Å². The van der Waals surface area contributed by atoms with Crippen molar-refractivity contribution in [2.75, 3.05) is 30.8 Å². The first kappa shape index (κ1) is 30.7. The van der Waals surface area contributed by atoms with Crippen LogP contribution in [0.5, 0.6) is 5.75 Å². The Balaban J connectivity index is 2.02. The molecule has 2 amide bonds. The molecule has 3 rings (SSSR count). The molecule has 3 aromatic carbocycles. The number of ether oxygens (including phenoxy) is 1. The summed E-state index contributed by atoms with van der Waals surface area (Å²) in [6.45, 7) is 4.20. The van der Waals surface area contributed by atoms with Crippen molar-refractivity contribution in [1.82, 2.24) is 10.2 Å². The number of amides is 2. The zero-order chi connectivity index (χ0) is 29.1. The molecule has 3 aromatic rings. The van der Waals surface area contributed by atoms with E-state index in [0.29, 0.717) is 18.0 Å². The van der Waals surface area contributed by atoms with Crippen LogP contribution in [0.1, 0.15) is 36.5 Å². The van der Waals surface area contributed by atoms with Crippen LogP contribution in [-0.2, 0) is 32.6 Å². The van der Waals surface area contributed by atoms with E-state index in [0.717, 1.165) is 40.1 Å². The minimum atomic E-state index is -3.82. The molecule has 0 fully saturated rings. The van der Waals surface area contributed by atoms with Gasteiger partial charge < -0.3 is 15.0 Å². The average molecular weight is 566 g/mol. The molecule has 40 heavy (non-hydrogen) atoms. The van der Waals surface area contributed by atoms with Crippen molar-refractivity contribution in [2.45, 2.75) is 45.7 Å². The number of rotatable bonds is 14. The maximum Gasteiger partial charge on any atom is 0.244 e. The largest absolute Gasteiger partial charge is 0.497 e. The Bertz CT molecular complexity index is 1360. The van der Waals surface area contributed by atoms with Gasteiger partial charge in [0, 0.05) is 19.5 Å². The molecule has 8 nitrogen and oxygen atoms in total. The predicted octanol–water partition coefficient (Wildman–Crippen LogP) is 4.33. The number of carbonyl (C=O) groups excluding carboxylic acids is 2. The standard InChI is InChI=1S/C31H39N3O5S/c1-5-6-19-32-31(36)29(21-25-12-8-7-9-13-25)33(22-26-14-10-11-24(2)20-26)30(35)23-34(40(4,37)38)27-15-17-28(39-3)18-16-27/h7-18,20,29H,5-6,19,21-23H2,1-4H3,(H,32,36). The molecule has 0 aliphatic heterocycles. The lowest BCUT2D eigenvalue weighted by molar-refractivity contribution is -0.140. The second-order valence-corrected chi connectivity index (χ2v) is 11.7. The first-order chi connectivity index (χ1) is 19.1. The van der Waals surface area contributed by atoms with E-state index in [1.54, 1.807) is 24.3 Å². The van der Waals surface area contributed by atoms with Gasteiger partial charge in [0.25, 0.3) is 0 Å². The van der Waals surface area contributed by atoms with Gasteiger partial charge in [0.05, 0.1) is 19.1 Å². The van der Waals surface area contributed by atoms with E-state index < -0.39 is 28.5 Å². The topological polar surface area (TPSA) is 96.0 Å². The summed E-state index contributed by atoms with van der Waals surface area (Å²) in [6.07, 6.45) is 3.09. The maximum atomic E-state index is 14.1. The van der Waals surface area contributed by atoms with Crippen LogP contribution in [0.25, 0.3) is 0 Å². The summed E-state index contributed by atoms with van der Waals surface area (Å²) < 4.78 is 32.0. The number of carbonyl (C=O) groups is 2. The lowest BCUT2D eigenvalue weighted by atomic mass is 10.0. The number of benzene rings is 3. The molecule has 1 unspecified atom stereocenters. The number of hydrogen-bond donors (Lipinski definition) is 1. The SMILES string of the molecule is CCCCNC(=O)C(Cc1ccccc1)N(Cc1cccc(C)c1)C(=O)CN(c1ccc(OC)cc1)S(C)(=O)=O. The van der Waals surface area contributed by atoms with Gasteiger partial charge in [-0.1, -0.05) is 73.5 Å². The molecule has 0 saturated heterocycles. The Kier molecular flexibility index (Phi) is 11.1. The van der Waals surface area contributed by atoms with Crippen LogP contribution in [0.2, 0.25) is 0 Å². The third-order valence-electron chi connectivity index (χ3n) is 6.58. The van der Waals surface area contributed by atoms with Crippen LogP contribution >= 0.6 is 0 Å². The van der Waals surface area contributed by atoms with Crippen molar-refractivity contribution in [3.8, 4) is 5.75 Å². The number of nitrogens with one attached hydrogen (secondary N) is 1. The van der Waals surface area contributed by atoms with Crippen molar-refractivity contribution in [3.05, 3.63) is 95.6 Å². The van der Waals surface area contributed by atoms with Crippen LogP contribution in [0.4, 0.5) is 5.69 Å². The second kappa shape index (κ2) is 14.5. The van der Waals surface area contributed by atoms with Crippen LogP contribution < -0.4 is 14.4 Å². The first-order valence-corrected chi connectivity index (χ1v) is 15.3. The zero-order valence-corrected chi connectivity index (χ0v) is 24.5. The summed E-state index contributed by atoms with van der Waals surface area (Å²) in [6, 6.07) is 22.9. The maximum absolute atomic E-state index is 14.1. The van der Waals surface area contributed by atoms with Gasteiger partial charge in [0.2, 0.25) is 21.8 Å². The minimum Gasteiger partial charge on any atom is -0.497 e. The Labute approximate surface area is 238 Å². The van der Waals surface area contributed by atoms with Gasteiger partial charge in [-0.05, 0) is 48.7 Å². The average Bonchev–Trinajstić information content (AvgIpc) is 2.93. The van der Waals surface area contributed by atoms with Gasteiger partial charge in [0.15, 0.2) is 0 Å². The van der Waals surface area contributed by atoms with Crippen LogP contribution in [0, 0.1) is 6.92 Å². The number of unbranched alkanes of at least 4 members (excludes halogenated alkanes) is 1. The molecule has 0 radical (unpaired) electrons. The number of hydrogen-bond acceptors (Lipinski definition) is 5. The van der Waals surface area contributed by atoms with Gasteiger partial charge in [-0.15, -0.1) is 0 Å². The fraction of sp³-hybridized carbons (Fsp3) is 0.355. The van der Waals surface area contributed by atoms with E-state index in [-0.39, 0.29) is 18.9 Å². The minimum absolute atomic E-state index is 0.152. The fourth-order valence-electron chi connectivity index (χ4n) is 4.43. The van der Waals surface area contributed by atoms with Crippen LogP contribution in [0.15, 0.2) is 78.9 Å². The Morgan fingerprint density at radius 2 is 1.62 bits per heavy atom. The lowest BCUT2D eigenvalue weighted by Gasteiger charge is -2.33. The number of methoxy groups -OCH3 is 1. The summed E-state index contributed by atoms with van der Waals surface area (Å²) in [7, 11) is -2.30. The number of anilines is 1. The molecular formula is C31H39N3O5S. The van der Waals surface area contributed by atoms with Gasteiger partial charge in [-0.3, -0.25) is 13.9 Å². The highest BCUT2D eigenvalue weighted by atomic mass is 32.2. The van der Waals surface area contributed by atoms with Crippen molar-refractivity contribution >= 4 is 27.5 Å².